The summed E-state index contributed by atoms with van der Waals surface area (Å²) in [5.74, 6) is -1.10. The number of ether oxygens (including phenoxy) is 1. The third-order valence-electron chi connectivity index (χ3n) is 4.75. The Labute approximate surface area is 173 Å². The molecule has 0 bridgehead atoms. The van der Waals surface area contributed by atoms with Gasteiger partial charge in [0.2, 0.25) is 0 Å². The van der Waals surface area contributed by atoms with Crippen molar-refractivity contribution in [2.24, 2.45) is 0 Å². The molecule has 8 heteroatoms. The highest BCUT2D eigenvalue weighted by Gasteiger charge is 2.21. The molecule has 3 rings (SSSR count). The first kappa shape index (κ1) is 20.9. The normalized spacial score (nSPS) is 11.7. The standard InChI is InChI=1S/C22H23N3O5/c1-13-7-8-14(2)19(9-13)25-20(26)11-18(24-25)22(29)23-17(12-21(27)28)15-5-4-6-16(10-15)30-3/h4-11,17,24H,12H2,1-3H3,(H,23,29)(H,27,28). The molecule has 2 aromatic carbocycles. The van der Waals surface area contributed by atoms with Gasteiger partial charge in [-0.05, 0) is 48.7 Å². The maximum atomic E-state index is 12.8. The van der Waals surface area contributed by atoms with E-state index < -0.39 is 17.9 Å². The van der Waals surface area contributed by atoms with E-state index in [0.29, 0.717) is 17.0 Å². The number of amides is 1. The van der Waals surface area contributed by atoms with Gasteiger partial charge in [0, 0.05) is 6.07 Å². The van der Waals surface area contributed by atoms with Crippen LogP contribution in [0.4, 0.5) is 0 Å². The van der Waals surface area contributed by atoms with Crippen molar-refractivity contribution in [2.75, 3.05) is 7.11 Å². The van der Waals surface area contributed by atoms with Gasteiger partial charge in [0.05, 0.1) is 25.3 Å². The van der Waals surface area contributed by atoms with E-state index in [0.717, 1.165) is 11.1 Å². The minimum Gasteiger partial charge on any atom is -0.497 e. The molecule has 1 atom stereocenters. The lowest BCUT2D eigenvalue weighted by atomic mass is 10.0. The maximum Gasteiger partial charge on any atom is 0.305 e. The number of aliphatic carboxylic acids is 1. The van der Waals surface area contributed by atoms with E-state index in [2.05, 4.69) is 10.4 Å². The number of aryl methyl sites for hydroxylation is 2. The Morgan fingerprint density at radius 2 is 1.93 bits per heavy atom. The minimum absolute atomic E-state index is 0.0409. The third-order valence-corrected chi connectivity index (χ3v) is 4.75. The molecule has 0 radical (unpaired) electrons. The molecule has 0 spiro atoms. The number of methoxy groups -OCH3 is 1. The lowest BCUT2D eigenvalue weighted by Gasteiger charge is -2.17. The molecule has 0 saturated heterocycles. The van der Waals surface area contributed by atoms with Gasteiger partial charge in [-0.3, -0.25) is 19.5 Å². The highest BCUT2D eigenvalue weighted by atomic mass is 16.5. The molecule has 0 aliphatic rings. The van der Waals surface area contributed by atoms with Gasteiger partial charge in [0.1, 0.15) is 11.4 Å². The van der Waals surface area contributed by atoms with Gasteiger partial charge in [0.25, 0.3) is 11.5 Å². The molecule has 1 amide bonds. The number of H-pyrrole nitrogens is 1. The summed E-state index contributed by atoms with van der Waals surface area (Å²) in [6.07, 6.45) is -0.319. The third kappa shape index (κ3) is 4.60. The SMILES string of the molecule is COc1cccc(C(CC(=O)O)NC(=O)c2cc(=O)n(-c3cc(C)ccc3C)[nH]2)c1. The maximum absolute atomic E-state index is 12.8. The van der Waals surface area contributed by atoms with Crippen molar-refractivity contribution in [1.82, 2.24) is 15.1 Å². The zero-order valence-electron chi connectivity index (χ0n) is 16.9. The minimum atomic E-state index is -1.07. The smallest absolute Gasteiger partial charge is 0.305 e. The fraction of sp³-hybridized carbons (Fsp3) is 0.227. The van der Waals surface area contributed by atoms with Crippen molar-refractivity contribution in [3.05, 3.63) is 81.3 Å². The summed E-state index contributed by atoms with van der Waals surface area (Å²) >= 11 is 0. The monoisotopic (exact) mass is 409 g/mol. The van der Waals surface area contributed by atoms with Crippen LogP contribution in [0, 0.1) is 13.8 Å². The van der Waals surface area contributed by atoms with Crippen LogP contribution >= 0.6 is 0 Å². The second-order valence-corrected chi connectivity index (χ2v) is 7.03. The molecule has 0 aliphatic carbocycles. The molecule has 0 saturated carbocycles. The highest BCUT2D eigenvalue weighted by Crippen LogP contribution is 2.22. The summed E-state index contributed by atoms with van der Waals surface area (Å²) in [6, 6.07) is 12.9. The zero-order chi connectivity index (χ0) is 21.8. The molecule has 0 aliphatic heterocycles. The van der Waals surface area contributed by atoms with Gasteiger partial charge >= 0.3 is 5.97 Å². The number of carboxylic acid groups (broad SMARTS) is 1. The first-order valence-corrected chi connectivity index (χ1v) is 9.35. The van der Waals surface area contributed by atoms with Crippen LogP contribution in [0.25, 0.3) is 5.69 Å². The average Bonchev–Trinajstić information content (AvgIpc) is 3.10. The first-order valence-electron chi connectivity index (χ1n) is 9.35. The quantitative estimate of drug-likeness (QED) is 0.555. The first-order chi connectivity index (χ1) is 14.3. The number of carbonyl (C=O) groups excluding carboxylic acids is 1. The fourth-order valence-corrected chi connectivity index (χ4v) is 3.17. The van der Waals surface area contributed by atoms with E-state index in [1.54, 1.807) is 24.3 Å². The summed E-state index contributed by atoms with van der Waals surface area (Å²) in [4.78, 5) is 36.6. The van der Waals surface area contributed by atoms with Crippen molar-refractivity contribution in [3.63, 3.8) is 0 Å². The Balaban J connectivity index is 1.90. The molecule has 30 heavy (non-hydrogen) atoms. The van der Waals surface area contributed by atoms with E-state index >= 15 is 0 Å². The number of hydrogen-bond acceptors (Lipinski definition) is 4. The number of aromatic amines is 1. The van der Waals surface area contributed by atoms with Crippen molar-refractivity contribution < 1.29 is 19.4 Å². The van der Waals surface area contributed by atoms with Gasteiger partial charge in [0.15, 0.2) is 0 Å². The molecule has 0 fully saturated rings. The van der Waals surface area contributed by atoms with Crippen molar-refractivity contribution in [2.45, 2.75) is 26.3 Å². The van der Waals surface area contributed by atoms with Gasteiger partial charge in [-0.1, -0.05) is 24.3 Å². The van der Waals surface area contributed by atoms with Crippen LogP contribution in [-0.4, -0.2) is 33.9 Å². The molecule has 8 nitrogen and oxygen atoms in total. The molecule has 1 heterocycles. The summed E-state index contributed by atoms with van der Waals surface area (Å²) in [5, 5.41) is 14.8. The number of benzene rings is 2. The van der Waals surface area contributed by atoms with E-state index in [1.165, 1.54) is 17.9 Å². The van der Waals surface area contributed by atoms with Crippen LogP contribution in [0.3, 0.4) is 0 Å². The highest BCUT2D eigenvalue weighted by molar-refractivity contribution is 5.92. The molecular weight excluding hydrogens is 386 g/mol. The molecule has 156 valence electrons. The molecule has 1 aromatic heterocycles. The second kappa shape index (κ2) is 8.69. The largest absolute Gasteiger partial charge is 0.497 e. The molecule has 3 N–H and O–H groups in total. The lowest BCUT2D eigenvalue weighted by molar-refractivity contribution is -0.137. The molecule has 1 unspecified atom stereocenters. The number of carboxylic acids is 1. The second-order valence-electron chi connectivity index (χ2n) is 7.03. The van der Waals surface area contributed by atoms with Crippen molar-refractivity contribution >= 4 is 11.9 Å². The van der Waals surface area contributed by atoms with Gasteiger partial charge in [-0.25, -0.2) is 4.68 Å². The zero-order valence-corrected chi connectivity index (χ0v) is 16.9. The van der Waals surface area contributed by atoms with Gasteiger partial charge in [-0.15, -0.1) is 0 Å². The van der Waals surface area contributed by atoms with Crippen molar-refractivity contribution in [1.29, 1.82) is 0 Å². The summed E-state index contributed by atoms with van der Waals surface area (Å²) in [6.45, 7) is 3.78. The summed E-state index contributed by atoms with van der Waals surface area (Å²) in [7, 11) is 1.50. The van der Waals surface area contributed by atoms with Gasteiger partial charge < -0.3 is 15.2 Å². The fourth-order valence-electron chi connectivity index (χ4n) is 3.17. The lowest BCUT2D eigenvalue weighted by Crippen LogP contribution is -2.30. The van der Waals surface area contributed by atoms with Crippen LogP contribution in [0.5, 0.6) is 5.75 Å². The number of nitrogens with zero attached hydrogens (tertiary/aromatic N) is 1. The van der Waals surface area contributed by atoms with Gasteiger partial charge in [-0.2, -0.15) is 0 Å². The predicted octanol–water partition coefficient (Wildman–Crippen LogP) is 2.74. The Bertz CT molecular complexity index is 1150. The molecule has 3 aromatic rings. The Morgan fingerprint density at radius 1 is 1.17 bits per heavy atom. The summed E-state index contributed by atoms with van der Waals surface area (Å²) < 4.78 is 6.48. The molecular formula is C22H23N3O5. The average molecular weight is 409 g/mol. The van der Waals surface area contributed by atoms with E-state index in [1.807, 2.05) is 32.0 Å². The Kier molecular flexibility index (Phi) is 6.06. The van der Waals surface area contributed by atoms with E-state index in [4.69, 9.17) is 4.74 Å². The Morgan fingerprint density at radius 3 is 2.63 bits per heavy atom. The topological polar surface area (TPSA) is 113 Å². The Hall–Kier alpha value is -3.81. The van der Waals surface area contributed by atoms with Crippen LogP contribution in [0.15, 0.2) is 53.3 Å². The number of carbonyl (C=O) groups is 2. The number of nitrogens with one attached hydrogen (secondary N) is 2. The summed E-state index contributed by atoms with van der Waals surface area (Å²) in [5.41, 5.74) is 2.74. The van der Waals surface area contributed by atoms with E-state index in [9.17, 15) is 19.5 Å². The van der Waals surface area contributed by atoms with Crippen LogP contribution in [0.2, 0.25) is 0 Å². The van der Waals surface area contributed by atoms with Crippen LogP contribution in [0.1, 0.15) is 39.6 Å². The van der Waals surface area contributed by atoms with E-state index in [-0.39, 0.29) is 17.7 Å². The van der Waals surface area contributed by atoms with Crippen LogP contribution in [-0.2, 0) is 4.79 Å². The number of aromatic nitrogens is 2. The number of hydrogen-bond donors (Lipinski definition) is 3. The van der Waals surface area contributed by atoms with Crippen molar-refractivity contribution in [3.8, 4) is 11.4 Å². The predicted molar refractivity (Wildman–Crippen MR) is 111 cm³/mol. The number of rotatable bonds is 7. The van der Waals surface area contributed by atoms with Crippen LogP contribution < -0.4 is 15.6 Å².